The number of nitrogens with zero attached hydrogens (tertiary/aromatic N) is 5. The van der Waals surface area contributed by atoms with Crippen LogP contribution in [0.15, 0.2) is 163 Å². The van der Waals surface area contributed by atoms with E-state index >= 15 is 0 Å². The number of hydrogen-bond acceptors (Lipinski definition) is 9. The van der Waals surface area contributed by atoms with Gasteiger partial charge in [0, 0.05) is 77.5 Å². The Kier molecular flexibility index (Phi) is 8.16. The van der Waals surface area contributed by atoms with Crippen LogP contribution in [0, 0.1) is 0 Å². The van der Waals surface area contributed by atoms with Crippen molar-refractivity contribution in [1.82, 2.24) is 24.5 Å². The van der Waals surface area contributed by atoms with Gasteiger partial charge in [-0.3, -0.25) is 4.57 Å². The molecule has 9 rings (SSSR count). The molecule has 4 aromatic carbocycles. The first-order valence-electron chi connectivity index (χ1n) is 16.4. The molecule has 0 radical (unpaired) electrons. The lowest BCUT2D eigenvalue weighted by Crippen LogP contribution is -2.01. The van der Waals surface area contributed by atoms with Crippen LogP contribution in [-0.2, 0) is 0 Å². The third-order valence-corrected chi connectivity index (χ3v) is 8.89. The Morgan fingerprint density at radius 2 is 0.962 bits per heavy atom. The molecular formula is C42H27N5O4S. The van der Waals surface area contributed by atoms with Crippen molar-refractivity contribution in [2.45, 2.75) is 0 Å². The number of aromatic nitrogens is 5. The monoisotopic (exact) mass is 697 g/mol. The summed E-state index contributed by atoms with van der Waals surface area (Å²) < 4.78 is 26.7. The van der Waals surface area contributed by atoms with Crippen molar-refractivity contribution in [2.24, 2.45) is 0 Å². The van der Waals surface area contributed by atoms with Crippen molar-refractivity contribution >= 4 is 33.1 Å². The minimum absolute atomic E-state index is 0.504. The van der Waals surface area contributed by atoms with E-state index in [4.69, 9.17) is 28.9 Å². The molecule has 0 saturated heterocycles. The molecule has 0 aliphatic rings. The van der Waals surface area contributed by atoms with E-state index in [1.54, 1.807) is 35.9 Å². The van der Waals surface area contributed by atoms with Crippen LogP contribution >= 0.6 is 11.3 Å². The van der Waals surface area contributed by atoms with Gasteiger partial charge in [0.2, 0.25) is 17.7 Å². The van der Waals surface area contributed by atoms with Crippen LogP contribution in [0.4, 0.5) is 0 Å². The van der Waals surface area contributed by atoms with Gasteiger partial charge >= 0.3 is 0 Å². The first kappa shape index (κ1) is 31.0. The zero-order valence-electron chi connectivity index (χ0n) is 27.4. The Balaban J connectivity index is 1.08. The van der Waals surface area contributed by atoms with E-state index in [0.717, 1.165) is 32.9 Å². The summed E-state index contributed by atoms with van der Waals surface area (Å²) in [6.07, 6.45) is 7.08. The zero-order valence-corrected chi connectivity index (χ0v) is 28.2. The van der Waals surface area contributed by atoms with Gasteiger partial charge in [-0.15, -0.1) is 0 Å². The molecule has 0 N–H and O–H groups in total. The maximum atomic E-state index is 6.38. The number of pyridine rings is 2. The number of benzene rings is 4. The molecule has 52 heavy (non-hydrogen) atoms. The van der Waals surface area contributed by atoms with Crippen molar-refractivity contribution in [1.29, 1.82) is 0 Å². The highest BCUT2D eigenvalue weighted by atomic mass is 32.1. The topological polar surface area (TPSA) is 93.4 Å². The minimum Gasteiger partial charge on any atom is -0.457 e. The Morgan fingerprint density at radius 1 is 0.442 bits per heavy atom. The van der Waals surface area contributed by atoms with E-state index in [1.807, 2.05) is 119 Å². The van der Waals surface area contributed by atoms with Crippen LogP contribution in [0.2, 0.25) is 0 Å². The lowest BCUT2D eigenvalue weighted by molar-refractivity contribution is 0.448. The smallest absolute Gasteiger partial charge is 0.234 e. The normalized spacial score (nSPS) is 11.1. The van der Waals surface area contributed by atoms with Gasteiger partial charge in [0.05, 0.1) is 11.0 Å². The van der Waals surface area contributed by atoms with Gasteiger partial charge < -0.3 is 18.9 Å². The summed E-state index contributed by atoms with van der Waals surface area (Å²) in [5.74, 6) is 5.29. The van der Waals surface area contributed by atoms with Gasteiger partial charge in [0.15, 0.2) is 0 Å². The van der Waals surface area contributed by atoms with Crippen molar-refractivity contribution in [3.63, 3.8) is 0 Å². The summed E-state index contributed by atoms with van der Waals surface area (Å²) in [5.41, 5.74) is 3.77. The van der Waals surface area contributed by atoms with Gasteiger partial charge in [0.1, 0.15) is 34.5 Å². The van der Waals surface area contributed by atoms with Crippen LogP contribution < -0.4 is 18.9 Å². The largest absolute Gasteiger partial charge is 0.457 e. The predicted octanol–water partition coefficient (Wildman–Crippen LogP) is 11.3. The Morgan fingerprint density at radius 3 is 1.44 bits per heavy atom. The predicted molar refractivity (Wildman–Crippen MR) is 201 cm³/mol. The minimum atomic E-state index is 0.504. The van der Waals surface area contributed by atoms with Crippen molar-refractivity contribution in [3.05, 3.63) is 163 Å². The molecule has 0 atom stereocenters. The molecule has 10 heteroatoms. The molecule has 0 fully saturated rings. The van der Waals surface area contributed by atoms with E-state index in [2.05, 4.69) is 33.5 Å². The van der Waals surface area contributed by atoms with E-state index in [9.17, 15) is 0 Å². The summed E-state index contributed by atoms with van der Waals surface area (Å²) in [5, 5.41) is 6.15. The van der Waals surface area contributed by atoms with E-state index < -0.39 is 0 Å². The number of ether oxygens (including phenoxy) is 4. The number of fused-ring (bicyclic) bond motifs is 3. The molecule has 5 heterocycles. The lowest BCUT2D eigenvalue weighted by Gasteiger charge is -2.11. The SMILES string of the molecule is c1ccc(Oc2cccc(Oc3ccc4c5ccc(Oc6cccc(Oc7ccccn7)c6)cc5n(-c5ncc(-c6ccsc6)cn5)c4c3)c2)nc1. The highest BCUT2D eigenvalue weighted by molar-refractivity contribution is 7.08. The second-order valence-electron chi connectivity index (χ2n) is 11.7. The first-order valence-corrected chi connectivity index (χ1v) is 17.3. The molecule has 250 valence electrons. The second kappa shape index (κ2) is 13.7. The van der Waals surface area contributed by atoms with Crippen molar-refractivity contribution in [3.8, 4) is 63.3 Å². The molecule has 0 aliphatic carbocycles. The summed E-state index contributed by atoms with van der Waals surface area (Å²) in [6, 6.07) is 40.1. The van der Waals surface area contributed by atoms with Gasteiger partial charge in [-0.2, -0.15) is 11.3 Å². The van der Waals surface area contributed by atoms with Crippen molar-refractivity contribution in [2.75, 3.05) is 0 Å². The van der Waals surface area contributed by atoms with Gasteiger partial charge in [-0.05, 0) is 83.1 Å². The van der Waals surface area contributed by atoms with Crippen LogP contribution in [0.3, 0.4) is 0 Å². The summed E-state index contributed by atoms with van der Waals surface area (Å²) in [7, 11) is 0. The Labute approximate surface area is 302 Å². The third kappa shape index (κ3) is 6.49. The summed E-state index contributed by atoms with van der Waals surface area (Å²) >= 11 is 1.64. The van der Waals surface area contributed by atoms with Gasteiger partial charge in [-0.25, -0.2) is 19.9 Å². The maximum Gasteiger partial charge on any atom is 0.234 e. The summed E-state index contributed by atoms with van der Waals surface area (Å²) in [6.45, 7) is 0. The fourth-order valence-electron chi connectivity index (χ4n) is 5.87. The molecule has 0 unspecified atom stereocenters. The molecule has 0 saturated carbocycles. The van der Waals surface area contributed by atoms with Crippen molar-refractivity contribution < 1.29 is 18.9 Å². The highest BCUT2D eigenvalue weighted by Crippen LogP contribution is 2.38. The average molecular weight is 698 g/mol. The lowest BCUT2D eigenvalue weighted by atomic mass is 10.1. The third-order valence-electron chi connectivity index (χ3n) is 8.21. The maximum absolute atomic E-state index is 6.38. The fraction of sp³-hybridized carbons (Fsp3) is 0. The molecule has 9 nitrogen and oxygen atoms in total. The first-order chi connectivity index (χ1) is 25.7. The molecular weight excluding hydrogens is 671 g/mol. The van der Waals surface area contributed by atoms with E-state index in [0.29, 0.717) is 52.2 Å². The molecule has 5 aromatic heterocycles. The number of hydrogen-bond donors (Lipinski definition) is 0. The van der Waals surface area contributed by atoms with Crippen LogP contribution in [0.1, 0.15) is 0 Å². The summed E-state index contributed by atoms with van der Waals surface area (Å²) in [4.78, 5) is 18.2. The molecule has 0 bridgehead atoms. The average Bonchev–Trinajstić information content (AvgIpc) is 3.83. The molecule has 9 aromatic rings. The number of rotatable bonds is 10. The van der Waals surface area contributed by atoms with E-state index in [-0.39, 0.29) is 0 Å². The highest BCUT2D eigenvalue weighted by Gasteiger charge is 2.17. The Hall–Kier alpha value is -7.04. The van der Waals surface area contributed by atoms with Gasteiger partial charge in [-0.1, -0.05) is 24.3 Å². The second-order valence-corrected chi connectivity index (χ2v) is 12.5. The quantitative estimate of drug-likeness (QED) is 0.139. The Bertz CT molecular complexity index is 2490. The van der Waals surface area contributed by atoms with Crippen LogP contribution in [-0.4, -0.2) is 24.5 Å². The molecule has 0 aliphatic heterocycles. The fourth-order valence-corrected chi connectivity index (χ4v) is 6.53. The van der Waals surface area contributed by atoms with E-state index in [1.165, 1.54) is 0 Å². The number of thiophene rings is 1. The van der Waals surface area contributed by atoms with Crippen LogP contribution in [0.25, 0.3) is 38.9 Å². The standard InChI is InChI=1S/C42H27N5O4S/c1-3-18-43-40(11-1)50-32-9-5-7-30(21-32)48-34-13-15-36-37-16-14-35(49-31-8-6-10-33(22-31)51-41-12-2-4-19-44-41)24-39(37)47(38(36)23-34)42-45-25-29(26-46-42)28-17-20-52-27-28/h1-27H. The van der Waals surface area contributed by atoms with Crippen LogP contribution in [0.5, 0.6) is 46.3 Å². The molecule has 0 amide bonds. The van der Waals surface area contributed by atoms with Gasteiger partial charge in [0.25, 0.3) is 0 Å². The molecule has 0 spiro atoms. The zero-order chi connectivity index (χ0) is 34.7.